The summed E-state index contributed by atoms with van der Waals surface area (Å²) in [7, 11) is 0. The van der Waals surface area contributed by atoms with Gasteiger partial charge in [-0.1, -0.05) is 65.7 Å². The molecule has 3 aromatic carbocycles. The minimum absolute atomic E-state index is 0. The first-order valence-corrected chi connectivity index (χ1v) is 12.5. The van der Waals surface area contributed by atoms with Crippen LogP contribution in [0.5, 0.6) is 0 Å². The Labute approximate surface area is 235 Å². The number of rotatable bonds is 4. The summed E-state index contributed by atoms with van der Waals surface area (Å²) in [6.07, 6.45) is 3.16. The first-order chi connectivity index (χ1) is 17.3. The number of fused-ring (bicyclic) bond motifs is 1. The summed E-state index contributed by atoms with van der Waals surface area (Å²) in [5.74, 6) is -0.0625. The van der Waals surface area contributed by atoms with Crippen LogP contribution in [0.3, 0.4) is 0 Å². The van der Waals surface area contributed by atoms with Gasteiger partial charge >= 0.3 is 0 Å². The third-order valence-electron chi connectivity index (χ3n) is 5.51. The van der Waals surface area contributed by atoms with Crippen molar-refractivity contribution in [1.29, 1.82) is 0 Å². The molecule has 2 aromatic heterocycles. The van der Waals surface area contributed by atoms with E-state index in [2.05, 4.69) is 86.6 Å². The molecule has 3 nitrogen and oxygen atoms in total. The van der Waals surface area contributed by atoms with Crippen molar-refractivity contribution in [1.82, 2.24) is 4.98 Å². The zero-order valence-corrected chi connectivity index (χ0v) is 24.4. The molecule has 1 N–H and O–H groups in total. The zero-order valence-electron chi connectivity index (χ0n) is 21.2. The molecule has 5 heteroatoms. The van der Waals surface area contributed by atoms with Gasteiger partial charge in [-0.3, -0.25) is 4.79 Å². The van der Waals surface area contributed by atoms with Crippen molar-refractivity contribution in [2.45, 2.75) is 27.7 Å². The predicted octanol–water partition coefficient (Wildman–Crippen LogP) is 8.75. The average Bonchev–Trinajstić information content (AvgIpc) is 3.27. The second kappa shape index (κ2) is 12.7. The molecule has 0 spiro atoms. The first-order valence-electron chi connectivity index (χ1n) is 11.7. The molecule has 0 atom stereocenters. The minimum Gasteiger partial charge on any atom is -0.512 e. The van der Waals surface area contributed by atoms with Crippen molar-refractivity contribution in [3.8, 4) is 32.8 Å². The number of hydrogen-bond acceptors (Lipinski definition) is 4. The molecule has 5 aromatic rings. The van der Waals surface area contributed by atoms with E-state index in [0.717, 1.165) is 11.3 Å². The maximum atomic E-state index is 10.0. The summed E-state index contributed by atoms with van der Waals surface area (Å²) >= 11 is 1.80. The van der Waals surface area contributed by atoms with Crippen LogP contribution in [0.25, 0.3) is 42.9 Å². The van der Waals surface area contributed by atoms with Crippen molar-refractivity contribution >= 4 is 27.2 Å². The quantitative estimate of drug-likeness (QED) is 0.117. The predicted molar refractivity (Wildman–Crippen MR) is 151 cm³/mol. The standard InChI is InChI=1S/C27H20NS.C5H8O2.Ir/c1-18-11-19(2)13-23(12-18)26-16-24-15-25(28-17-27(24)29-26)22-10-6-9-21(14-22)20-7-4-3-5-8-20;1-4(6)3-5(2)7;/h3-9,11-17H,1-2H3;3,6H,1-2H3;/q-1;;/b;4-3-;. The molecule has 189 valence electrons. The maximum absolute atomic E-state index is 10.0. The fourth-order valence-corrected chi connectivity index (χ4v) is 5.07. The fraction of sp³-hybridized carbons (Fsp3) is 0.125. The molecule has 1 radical (unpaired) electrons. The Morgan fingerprint density at radius 3 is 2.22 bits per heavy atom. The van der Waals surface area contributed by atoms with Crippen LogP contribution in [0.1, 0.15) is 25.0 Å². The van der Waals surface area contributed by atoms with Crippen molar-refractivity contribution in [2.75, 3.05) is 0 Å². The number of benzene rings is 3. The third-order valence-corrected chi connectivity index (χ3v) is 6.64. The molecular weight excluding hydrogens is 655 g/mol. The molecule has 0 saturated heterocycles. The van der Waals surface area contributed by atoms with Gasteiger partial charge < -0.3 is 10.1 Å². The molecule has 5 rings (SSSR count). The molecule has 37 heavy (non-hydrogen) atoms. The van der Waals surface area contributed by atoms with Crippen LogP contribution < -0.4 is 0 Å². The van der Waals surface area contributed by atoms with E-state index >= 15 is 0 Å². The van der Waals surface area contributed by atoms with Gasteiger partial charge in [0.1, 0.15) is 0 Å². The van der Waals surface area contributed by atoms with Gasteiger partial charge in [0, 0.05) is 37.3 Å². The molecule has 0 aliphatic carbocycles. The van der Waals surface area contributed by atoms with Gasteiger partial charge in [-0.05, 0) is 56.0 Å². The smallest absolute Gasteiger partial charge is 0.155 e. The Morgan fingerprint density at radius 1 is 0.892 bits per heavy atom. The molecule has 0 amide bonds. The van der Waals surface area contributed by atoms with E-state index in [0.29, 0.717) is 0 Å². The average molecular weight is 683 g/mol. The van der Waals surface area contributed by atoms with E-state index in [1.54, 1.807) is 11.3 Å². The maximum Gasteiger partial charge on any atom is 0.155 e. The van der Waals surface area contributed by atoms with Crippen LogP contribution in [0.4, 0.5) is 0 Å². The van der Waals surface area contributed by atoms with Crippen LogP contribution in [0.2, 0.25) is 0 Å². The fourth-order valence-electron chi connectivity index (χ4n) is 4.07. The molecule has 0 unspecified atom stereocenters. The molecule has 2 heterocycles. The van der Waals surface area contributed by atoms with Crippen LogP contribution in [-0.2, 0) is 24.9 Å². The van der Waals surface area contributed by atoms with Crippen molar-refractivity contribution in [3.05, 3.63) is 114 Å². The number of thiophene rings is 1. The normalized spacial score (nSPS) is 10.9. The summed E-state index contributed by atoms with van der Waals surface area (Å²) in [5, 5.41) is 9.59. The Hall–Kier alpha value is -3.37. The second-order valence-electron chi connectivity index (χ2n) is 8.85. The summed E-state index contributed by atoms with van der Waals surface area (Å²) < 4.78 is 1.21. The number of hydrogen-bond donors (Lipinski definition) is 1. The SMILES string of the molecule is CC(=O)/C=C(/C)O.Cc1cc(C)cc(-c2cc3cc(-c4[c-]ccc(-c5ccccc5)c4)ncc3s2)c1.[Ir]. The van der Waals surface area contributed by atoms with E-state index in [9.17, 15) is 4.79 Å². The number of carbonyl (C=O) groups excluding carboxylic acids is 1. The Morgan fingerprint density at radius 2 is 1.59 bits per heavy atom. The molecule has 0 bridgehead atoms. The molecule has 0 saturated carbocycles. The van der Waals surface area contributed by atoms with Crippen LogP contribution in [0.15, 0.2) is 96.9 Å². The Balaban J connectivity index is 0.000000422. The molecular formula is C32H28IrNO2S-. The van der Waals surface area contributed by atoms with Crippen LogP contribution in [-0.4, -0.2) is 15.9 Å². The van der Waals surface area contributed by atoms with Gasteiger partial charge in [-0.25, -0.2) is 0 Å². The summed E-state index contributed by atoms with van der Waals surface area (Å²) in [6.45, 7) is 7.15. The van der Waals surface area contributed by atoms with E-state index in [1.807, 2.05) is 18.3 Å². The number of nitrogens with zero attached hydrogens (tertiary/aromatic N) is 1. The zero-order chi connectivity index (χ0) is 25.7. The summed E-state index contributed by atoms with van der Waals surface area (Å²) in [5.41, 5.74) is 8.24. The molecule has 0 aliphatic rings. The third kappa shape index (κ3) is 7.56. The second-order valence-corrected chi connectivity index (χ2v) is 9.93. The number of ketones is 1. The van der Waals surface area contributed by atoms with Crippen molar-refractivity contribution < 1.29 is 30.0 Å². The van der Waals surface area contributed by atoms with Crippen LogP contribution in [0, 0.1) is 19.9 Å². The monoisotopic (exact) mass is 683 g/mol. The Bertz CT molecular complexity index is 1530. The van der Waals surface area contributed by atoms with Gasteiger partial charge in [0.2, 0.25) is 0 Å². The number of aliphatic hydroxyl groups excluding tert-OH is 1. The van der Waals surface area contributed by atoms with Gasteiger partial charge in [0.15, 0.2) is 5.78 Å². The number of carbonyl (C=O) groups is 1. The Kier molecular flexibility index (Phi) is 9.71. The van der Waals surface area contributed by atoms with E-state index in [-0.39, 0.29) is 31.6 Å². The number of aliphatic hydroxyl groups is 1. The number of pyridine rings is 1. The van der Waals surface area contributed by atoms with Gasteiger partial charge in [-0.2, -0.15) is 0 Å². The van der Waals surface area contributed by atoms with E-state index in [4.69, 9.17) is 10.1 Å². The van der Waals surface area contributed by atoms with E-state index in [1.165, 1.54) is 62.7 Å². The minimum atomic E-state index is -0.125. The van der Waals surface area contributed by atoms with Gasteiger partial charge in [0.25, 0.3) is 0 Å². The number of aryl methyl sites for hydroxylation is 2. The number of allylic oxidation sites excluding steroid dienone is 2. The number of aromatic nitrogens is 1. The van der Waals surface area contributed by atoms with Crippen molar-refractivity contribution in [3.63, 3.8) is 0 Å². The topological polar surface area (TPSA) is 50.2 Å². The first kappa shape index (κ1) is 28.2. The summed E-state index contributed by atoms with van der Waals surface area (Å²) in [6, 6.07) is 31.2. The van der Waals surface area contributed by atoms with Gasteiger partial charge in [0.05, 0.1) is 10.5 Å². The molecule has 0 fully saturated rings. The van der Waals surface area contributed by atoms with E-state index < -0.39 is 0 Å². The summed E-state index contributed by atoms with van der Waals surface area (Å²) in [4.78, 5) is 16.0. The van der Waals surface area contributed by atoms with Gasteiger partial charge in [-0.15, -0.1) is 46.7 Å². The van der Waals surface area contributed by atoms with Crippen LogP contribution >= 0.6 is 11.3 Å². The molecule has 0 aliphatic heterocycles. The van der Waals surface area contributed by atoms with Crippen molar-refractivity contribution in [2.24, 2.45) is 0 Å². The largest absolute Gasteiger partial charge is 0.512 e.